The summed E-state index contributed by atoms with van der Waals surface area (Å²) in [4.78, 5) is 0. The number of benzene rings is 1. The maximum absolute atomic E-state index is 9.69. The molecule has 0 bridgehead atoms. The van der Waals surface area contributed by atoms with Gasteiger partial charge in [-0.3, -0.25) is 0 Å². The molecule has 0 unspecified atom stereocenters. The van der Waals surface area contributed by atoms with Crippen molar-refractivity contribution in [2.75, 3.05) is 12.5 Å². The van der Waals surface area contributed by atoms with Gasteiger partial charge in [0, 0.05) is 11.8 Å². The molecule has 0 saturated heterocycles. The van der Waals surface area contributed by atoms with Crippen LogP contribution in [0.3, 0.4) is 0 Å². The van der Waals surface area contributed by atoms with E-state index in [0.717, 1.165) is 11.3 Å². The number of hydrogen-bond acceptors (Lipinski definition) is 4. The molecule has 0 fully saturated rings. The zero-order chi connectivity index (χ0) is 9.26. The molecule has 0 spiro atoms. The van der Waals surface area contributed by atoms with E-state index in [1.807, 2.05) is 6.07 Å². The van der Waals surface area contributed by atoms with Crippen LogP contribution in [0.1, 0.15) is 5.56 Å². The van der Waals surface area contributed by atoms with Crippen molar-refractivity contribution in [3.05, 3.63) is 23.9 Å². The molecule has 3 N–H and O–H groups in total. The molecular weight excluding hydrogens is 168 g/mol. The highest BCUT2D eigenvalue weighted by Crippen LogP contribution is 2.36. The Hall–Kier alpha value is -1.84. The summed E-state index contributed by atoms with van der Waals surface area (Å²) in [5.41, 5.74) is 7.29. The van der Waals surface area contributed by atoms with Gasteiger partial charge in [-0.2, -0.15) is 0 Å². The Balaban J connectivity index is 2.57. The van der Waals surface area contributed by atoms with E-state index in [9.17, 15) is 5.11 Å². The number of aromatic hydroxyl groups is 1. The number of nitrogens with one attached hydrogen (secondary N) is 2. The molecule has 13 heavy (non-hydrogen) atoms. The molecule has 1 aliphatic heterocycles. The van der Waals surface area contributed by atoms with Crippen molar-refractivity contribution in [3.63, 3.8) is 0 Å². The Bertz CT molecular complexity index is 361. The van der Waals surface area contributed by atoms with Crippen LogP contribution in [0.4, 0.5) is 5.69 Å². The van der Waals surface area contributed by atoms with Crippen LogP contribution in [0.25, 0.3) is 6.08 Å². The molecule has 4 heteroatoms. The van der Waals surface area contributed by atoms with E-state index in [0.29, 0.717) is 5.75 Å². The van der Waals surface area contributed by atoms with Gasteiger partial charge in [0.05, 0.1) is 12.8 Å². The topological polar surface area (TPSA) is 53.5 Å². The molecule has 1 heterocycles. The third-order valence-electron chi connectivity index (χ3n) is 1.94. The highest BCUT2D eigenvalue weighted by molar-refractivity contribution is 5.76. The van der Waals surface area contributed by atoms with Gasteiger partial charge in [0.25, 0.3) is 0 Å². The van der Waals surface area contributed by atoms with E-state index in [4.69, 9.17) is 4.74 Å². The summed E-state index contributed by atoms with van der Waals surface area (Å²) in [6, 6.07) is 3.55. The van der Waals surface area contributed by atoms with Crippen LogP contribution in [0, 0.1) is 0 Å². The van der Waals surface area contributed by atoms with E-state index >= 15 is 0 Å². The molecule has 1 aromatic carbocycles. The highest BCUT2D eigenvalue weighted by Gasteiger charge is 2.12. The highest BCUT2D eigenvalue weighted by atomic mass is 16.5. The van der Waals surface area contributed by atoms with Crippen LogP contribution in [0.5, 0.6) is 11.5 Å². The fourth-order valence-corrected chi connectivity index (χ4v) is 1.27. The normalized spacial score (nSPS) is 12.7. The Morgan fingerprint density at radius 3 is 3.00 bits per heavy atom. The lowest BCUT2D eigenvalue weighted by atomic mass is 10.1. The molecule has 2 rings (SSSR count). The Labute approximate surface area is 75.8 Å². The van der Waals surface area contributed by atoms with Gasteiger partial charge < -0.3 is 20.7 Å². The SMILES string of the molecule is COc1ccc2c(c1O)C=CNN2. The first-order chi connectivity index (χ1) is 6.33. The average molecular weight is 178 g/mol. The van der Waals surface area contributed by atoms with E-state index in [2.05, 4.69) is 10.9 Å². The van der Waals surface area contributed by atoms with Crippen molar-refractivity contribution in [2.45, 2.75) is 0 Å². The summed E-state index contributed by atoms with van der Waals surface area (Å²) in [6.07, 6.45) is 3.49. The maximum Gasteiger partial charge on any atom is 0.167 e. The number of methoxy groups -OCH3 is 1. The van der Waals surface area contributed by atoms with Gasteiger partial charge in [-0.15, -0.1) is 0 Å². The number of rotatable bonds is 1. The summed E-state index contributed by atoms with van der Waals surface area (Å²) in [5, 5.41) is 9.69. The first-order valence-electron chi connectivity index (χ1n) is 3.91. The Kier molecular flexibility index (Phi) is 1.73. The van der Waals surface area contributed by atoms with Gasteiger partial charge in [-0.1, -0.05) is 0 Å². The Morgan fingerprint density at radius 1 is 1.38 bits per heavy atom. The molecule has 0 radical (unpaired) electrons. The molecule has 0 aromatic heterocycles. The number of hydrazine groups is 1. The van der Waals surface area contributed by atoms with Crippen molar-refractivity contribution < 1.29 is 9.84 Å². The summed E-state index contributed by atoms with van der Waals surface area (Å²) in [7, 11) is 1.53. The summed E-state index contributed by atoms with van der Waals surface area (Å²) in [5.74, 6) is 0.636. The lowest BCUT2D eigenvalue weighted by Crippen LogP contribution is -2.17. The fraction of sp³-hybridized carbons (Fsp3) is 0.111. The predicted molar refractivity (Wildman–Crippen MR) is 50.5 cm³/mol. The molecule has 0 atom stereocenters. The monoisotopic (exact) mass is 178 g/mol. The fourth-order valence-electron chi connectivity index (χ4n) is 1.27. The molecule has 1 aliphatic rings. The number of phenolic OH excluding ortho intramolecular Hbond substituents is 1. The van der Waals surface area contributed by atoms with Crippen molar-refractivity contribution in [1.82, 2.24) is 5.43 Å². The molecular formula is C9H10N2O2. The van der Waals surface area contributed by atoms with E-state index < -0.39 is 0 Å². The molecule has 68 valence electrons. The lowest BCUT2D eigenvalue weighted by molar-refractivity contribution is 0.373. The molecule has 4 nitrogen and oxygen atoms in total. The van der Waals surface area contributed by atoms with Crippen LogP contribution < -0.4 is 15.6 Å². The largest absolute Gasteiger partial charge is 0.504 e. The van der Waals surface area contributed by atoms with Crippen LogP contribution in [-0.4, -0.2) is 12.2 Å². The van der Waals surface area contributed by atoms with Crippen molar-refractivity contribution >= 4 is 11.8 Å². The van der Waals surface area contributed by atoms with Gasteiger partial charge in [0.15, 0.2) is 11.5 Å². The van der Waals surface area contributed by atoms with E-state index in [-0.39, 0.29) is 5.75 Å². The van der Waals surface area contributed by atoms with Gasteiger partial charge in [0.2, 0.25) is 0 Å². The third kappa shape index (κ3) is 1.16. The van der Waals surface area contributed by atoms with E-state index in [1.165, 1.54) is 7.11 Å². The minimum Gasteiger partial charge on any atom is -0.504 e. The summed E-state index contributed by atoms with van der Waals surface area (Å²) < 4.78 is 4.98. The minimum atomic E-state index is 0.158. The van der Waals surface area contributed by atoms with Gasteiger partial charge in [-0.05, 0) is 18.2 Å². The predicted octanol–water partition coefficient (Wildman–Crippen LogP) is 1.30. The summed E-state index contributed by atoms with van der Waals surface area (Å²) >= 11 is 0. The number of fused-ring (bicyclic) bond motifs is 1. The second-order valence-corrected chi connectivity index (χ2v) is 2.68. The van der Waals surface area contributed by atoms with Crippen molar-refractivity contribution in [1.29, 1.82) is 0 Å². The smallest absolute Gasteiger partial charge is 0.167 e. The zero-order valence-corrected chi connectivity index (χ0v) is 7.16. The molecule has 0 amide bonds. The van der Waals surface area contributed by atoms with Gasteiger partial charge >= 0.3 is 0 Å². The van der Waals surface area contributed by atoms with E-state index in [1.54, 1.807) is 18.3 Å². The van der Waals surface area contributed by atoms with Crippen LogP contribution in [-0.2, 0) is 0 Å². The number of ether oxygens (including phenoxy) is 1. The minimum absolute atomic E-state index is 0.158. The Morgan fingerprint density at radius 2 is 2.23 bits per heavy atom. The molecule has 0 saturated carbocycles. The van der Waals surface area contributed by atoms with Crippen LogP contribution in [0.2, 0.25) is 0 Å². The van der Waals surface area contributed by atoms with Gasteiger partial charge in [-0.25, -0.2) is 0 Å². The van der Waals surface area contributed by atoms with Crippen LogP contribution in [0.15, 0.2) is 18.3 Å². The third-order valence-corrected chi connectivity index (χ3v) is 1.94. The molecule has 1 aromatic rings. The van der Waals surface area contributed by atoms with Gasteiger partial charge in [0.1, 0.15) is 0 Å². The average Bonchev–Trinajstić information content (AvgIpc) is 2.19. The lowest BCUT2D eigenvalue weighted by Gasteiger charge is -2.16. The standard InChI is InChI=1S/C9H10N2O2/c1-13-8-3-2-7-6(9(8)12)4-5-10-11-7/h2-5,10-12H,1H3. The van der Waals surface area contributed by atoms with Crippen molar-refractivity contribution in [2.24, 2.45) is 0 Å². The first kappa shape index (κ1) is 7.79. The summed E-state index contributed by atoms with van der Waals surface area (Å²) in [6.45, 7) is 0. The second kappa shape index (κ2) is 2.90. The number of anilines is 1. The number of hydrogen-bond donors (Lipinski definition) is 3. The van der Waals surface area contributed by atoms with Crippen LogP contribution >= 0.6 is 0 Å². The zero-order valence-electron chi connectivity index (χ0n) is 7.16. The quantitative estimate of drug-likeness (QED) is 0.606. The maximum atomic E-state index is 9.69. The first-order valence-corrected chi connectivity index (χ1v) is 3.91. The number of phenols is 1. The molecule has 0 aliphatic carbocycles. The second-order valence-electron chi connectivity index (χ2n) is 2.68. The van der Waals surface area contributed by atoms with Crippen molar-refractivity contribution in [3.8, 4) is 11.5 Å².